The summed E-state index contributed by atoms with van der Waals surface area (Å²) in [5.41, 5.74) is -1.08. The molecule has 2 aromatic heterocycles. The van der Waals surface area contributed by atoms with Gasteiger partial charge in [-0.3, -0.25) is 13.9 Å². The molecule has 16 heteroatoms. The van der Waals surface area contributed by atoms with Gasteiger partial charge in [-0.25, -0.2) is 19.4 Å². The molecule has 0 aliphatic heterocycles. The van der Waals surface area contributed by atoms with Crippen molar-refractivity contribution in [1.82, 2.24) is 18.7 Å². The van der Waals surface area contributed by atoms with Gasteiger partial charge in [0.05, 0.1) is 6.33 Å². The summed E-state index contributed by atoms with van der Waals surface area (Å²) in [6, 6.07) is 0. The van der Waals surface area contributed by atoms with E-state index in [1.807, 2.05) is 0 Å². The summed E-state index contributed by atoms with van der Waals surface area (Å²) < 4.78 is 85.4. The summed E-state index contributed by atoms with van der Waals surface area (Å²) in [5.74, 6) is -5.32. The first-order valence-corrected chi connectivity index (χ1v) is 9.27. The molecule has 1 atom stereocenters. The quantitative estimate of drug-likeness (QED) is 0.312. The molecule has 0 radical (unpaired) electrons. The van der Waals surface area contributed by atoms with Crippen LogP contribution in [-0.4, -0.2) is 55.7 Å². The number of carbonyl (C=O) groups is 2. The minimum atomic E-state index is -5.41. The van der Waals surface area contributed by atoms with Gasteiger partial charge in [-0.15, -0.1) is 0 Å². The van der Waals surface area contributed by atoms with Gasteiger partial charge in [0.2, 0.25) is 0 Å². The van der Waals surface area contributed by atoms with E-state index in [2.05, 4.69) is 14.5 Å². The highest BCUT2D eigenvalue weighted by Crippen LogP contribution is 2.21. The summed E-state index contributed by atoms with van der Waals surface area (Å²) in [5, 5.41) is 0. The smallest absolute Gasteiger partial charge is 0.455 e. The van der Waals surface area contributed by atoms with E-state index in [1.54, 1.807) is 0 Å². The fourth-order valence-corrected chi connectivity index (χ4v) is 2.88. The van der Waals surface area contributed by atoms with E-state index in [-0.39, 0.29) is 30.6 Å². The predicted octanol–water partition coefficient (Wildman–Crippen LogP) is 1.18. The van der Waals surface area contributed by atoms with E-state index >= 15 is 0 Å². The van der Waals surface area contributed by atoms with Crippen LogP contribution in [0.4, 0.5) is 26.3 Å². The van der Waals surface area contributed by atoms with Crippen molar-refractivity contribution in [1.29, 1.82) is 0 Å². The Balaban J connectivity index is 2.08. The third-order valence-electron chi connectivity index (χ3n) is 4.50. The molecule has 0 aromatic carbocycles. The van der Waals surface area contributed by atoms with E-state index in [4.69, 9.17) is 0 Å². The number of carbonyl (C=O) groups excluding carboxylic acids is 2. The van der Waals surface area contributed by atoms with Crippen molar-refractivity contribution in [3.8, 4) is 0 Å². The molecule has 0 N–H and O–H groups in total. The first kappa shape index (κ1) is 25.9. The van der Waals surface area contributed by atoms with Crippen molar-refractivity contribution in [2.24, 2.45) is 14.1 Å². The van der Waals surface area contributed by atoms with Crippen molar-refractivity contribution in [2.75, 3.05) is 6.61 Å². The Morgan fingerprint density at radius 3 is 2.21 bits per heavy atom. The topological polar surface area (TPSA) is 114 Å². The van der Waals surface area contributed by atoms with Gasteiger partial charge in [-0.1, -0.05) is 0 Å². The molecular formula is C17H18F6N4O6. The van der Waals surface area contributed by atoms with Crippen molar-refractivity contribution in [3.63, 3.8) is 0 Å². The number of aromatic nitrogens is 4. The SMILES string of the molecule is Cn1cnc2c1c(=O)n(CCCCC(COC(=O)C(F)(F)F)OC(=O)C(F)(F)F)c(=O)n2C. The zero-order valence-electron chi connectivity index (χ0n) is 17.2. The normalized spacial score (nSPS) is 13.2. The lowest BCUT2D eigenvalue weighted by Gasteiger charge is -2.19. The van der Waals surface area contributed by atoms with Crippen molar-refractivity contribution < 1.29 is 45.4 Å². The maximum Gasteiger partial charge on any atom is 0.490 e. The number of unbranched alkanes of at least 4 members (excludes halogenated alkanes) is 1. The number of rotatable bonds is 8. The van der Waals surface area contributed by atoms with Gasteiger partial charge in [0.25, 0.3) is 5.56 Å². The van der Waals surface area contributed by atoms with Gasteiger partial charge < -0.3 is 14.0 Å². The highest BCUT2D eigenvalue weighted by Gasteiger charge is 2.44. The highest BCUT2D eigenvalue weighted by atomic mass is 19.4. The molecule has 0 aliphatic carbocycles. The summed E-state index contributed by atoms with van der Waals surface area (Å²) in [7, 11) is 2.92. The van der Waals surface area contributed by atoms with Gasteiger partial charge >= 0.3 is 30.0 Å². The molecule has 2 heterocycles. The maximum atomic E-state index is 12.6. The van der Waals surface area contributed by atoms with Crippen molar-refractivity contribution in [3.05, 3.63) is 27.2 Å². The van der Waals surface area contributed by atoms with E-state index in [0.29, 0.717) is 0 Å². The first-order chi connectivity index (χ1) is 15.1. The number of aryl methyl sites for hydroxylation is 2. The Morgan fingerprint density at radius 2 is 1.64 bits per heavy atom. The summed E-state index contributed by atoms with van der Waals surface area (Å²) >= 11 is 0. The Kier molecular flexibility index (Phi) is 7.59. The zero-order valence-corrected chi connectivity index (χ0v) is 17.2. The monoisotopic (exact) mass is 488 g/mol. The second-order valence-electron chi connectivity index (χ2n) is 6.94. The highest BCUT2D eigenvalue weighted by molar-refractivity contribution is 5.76. The number of halogens is 6. The molecule has 0 spiro atoms. The van der Waals surface area contributed by atoms with Crippen LogP contribution in [0, 0.1) is 0 Å². The Hall–Kier alpha value is -3.33. The van der Waals surface area contributed by atoms with Gasteiger partial charge in [-0.2, -0.15) is 26.3 Å². The molecule has 2 rings (SSSR count). The van der Waals surface area contributed by atoms with Crippen molar-refractivity contribution in [2.45, 2.75) is 44.3 Å². The molecule has 33 heavy (non-hydrogen) atoms. The maximum absolute atomic E-state index is 12.6. The second-order valence-corrected chi connectivity index (χ2v) is 6.94. The summed E-state index contributed by atoms with van der Waals surface area (Å²) in [6.07, 6.45) is -11.8. The lowest BCUT2D eigenvalue weighted by molar-refractivity contribution is -0.214. The predicted molar refractivity (Wildman–Crippen MR) is 97.0 cm³/mol. The summed E-state index contributed by atoms with van der Waals surface area (Å²) in [6.45, 7) is -1.45. The van der Waals surface area contributed by atoms with Gasteiger partial charge in [0.15, 0.2) is 11.2 Å². The van der Waals surface area contributed by atoms with Crippen LogP contribution in [0.15, 0.2) is 15.9 Å². The average Bonchev–Trinajstić information content (AvgIpc) is 3.09. The molecule has 0 aliphatic rings. The molecule has 0 saturated heterocycles. The second kappa shape index (κ2) is 9.66. The number of alkyl halides is 6. The van der Waals surface area contributed by atoms with Crippen LogP contribution in [-0.2, 0) is 39.7 Å². The fourth-order valence-electron chi connectivity index (χ4n) is 2.88. The number of imidazole rings is 1. The lowest BCUT2D eigenvalue weighted by atomic mass is 10.1. The van der Waals surface area contributed by atoms with Crippen LogP contribution in [0.1, 0.15) is 19.3 Å². The lowest BCUT2D eigenvalue weighted by Crippen LogP contribution is -2.39. The summed E-state index contributed by atoms with van der Waals surface area (Å²) in [4.78, 5) is 50.7. The van der Waals surface area contributed by atoms with Crippen LogP contribution in [0.25, 0.3) is 11.2 Å². The molecule has 184 valence electrons. The van der Waals surface area contributed by atoms with Crippen LogP contribution in [0.3, 0.4) is 0 Å². The number of fused-ring (bicyclic) bond motifs is 1. The van der Waals surface area contributed by atoms with Crippen molar-refractivity contribution >= 4 is 23.1 Å². The van der Waals surface area contributed by atoms with E-state index in [9.17, 15) is 45.5 Å². The van der Waals surface area contributed by atoms with Gasteiger partial charge in [-0.05, 0) is 19.3 Å². The Bertz CT molecular complexity index is 1150. The number of esters is 2. The standard InChI is InChI=1S/C17H18F6N4O6/c1-25-8-24-11-10(25)12(28)27(15(31)26(11)2)6-4-3-5-9(33-14(30)17(21,22)23)7-32-13(29)16(18,19)20/h8-9H,3-7H2,1-2H3. The van der Waals surface area contributed by atoms with Crippen LogP contribution in [0.2, 0.25) is 0 Å². The molecule has 10 nitrogen and oxygen atoms in total. The van der Waals surface area contributed by atoms with Gasteiger partial charge in [0.1, 0.15) is 12.7 Å². The van der Waals surface area contributed by atoms with E-state index in [0.717, 1.165) is 9.13 Å². The number of nitrogens with zero attached hydrogens (tertiary/aromatic N) is 4. The van der Waals surface area contributed by atoms with Crippen LogP contribution < -0.4 is 11.2 Å². The molecular weight excluding hydrogens is 470 g/mol. The minimum absolute atomic E-state index is 0.00574. The number of hydrogen-bond donors (Lipinski definition) is 0. The Morgan fingerprint density at radius 1 is 1.03 bits per heavy atom. The van der Waals surface area contributed by atoms with E-state index < -0.39 is 54.7 Å². The third kappa shape index (κ3) is 6.13. The van der Waals surface area contributed by atoms with E-state index in [1.165, 1.54) is 25.0 Å². The minimum Gasteiger partial charge on any atom is -0.455 e. The van der Waals surface area contributed by atoms with Crippen LogP contribution in [0.5, 0.6) is 0 Å². The molecule has 0 saturated carbocycles. The number of ether oxygens (including phenoxy) is 2. The molecule has 1 unspecified atom stereocenters. The average molecular weight is 488 g/mol. The first-order valence-electron chi connectivity index (χ1n) is 9.27. The number of hydrogen-bond acceptors (Lipinski definition) is 7. The Labute approximate surface area is 180 Å². The molecule has 0 fully saturated rings. The fraction of sp³-hybridized carbons (Fsp3) is 0.588. The third-order valence-corrected chi connectivity index (χ3v) is 4.50. The molecule has 2 aromatic rings. The van der Waals surface area contributed by atoms with Crippen LogP contribution >= 0.6 is 0 Å². The molecule has 0 bridgehead atoms. The zero-order chi connectivity index (χ0) is 25.1. The largest absolute Gasteiger partial charge is 0.490 e. The van der Waals surface area contributed by atoms with Gasteiger partial charge in [0, 0.05) is 20.6 Å². The molecule has 0 amide bonds.